The average molecular weight is 296 g/mol. The van der Waals surface area contributed by atoms with Gasteiger partial charge in [0.25, 0.3) is 0 Å². The van der Waals surface area contributed by atoms with E-state index in [2.05, 4.69) is 0 Å². The zero-order chi connectivity index (χ0) is 14.7. The largest absolute Gasteiger partial charge is 0.398 e. The molecule has 1 saturated heterocycles. The zero-order valence-electron chi connectivity index (χ0n) is 11.4. The molecule has 0 unspecified atom stereocenters. The van der Waals surface area contributed by atoms with Crippen LogP contribution in [-0.2, 0) is 16.1 Å². The first-order chi connectivity index (χ1) is 9.51. The van der Waals surface area contributed by atoms with Gasteiger partial charge in [0, 0.05) is 13.1 Å². The molecule has 1 aliphatic heterocycles. The number of rotatable bonds is 4. The molecule has 0 spiro atoms. The third-order valence-electron chi connectivity index (χ3n) is 3.29. The monoisotopic (exact) mass is 295 g/mol. The van der Waals surface area contributed by atoms with Gasteiger partial charge in [-0.15, -0.1) is 0 Å². The highest BCUT2D eigenvalue weighted by Crippen LogP contribution is 2.21. The maximum Gasteiger partial charge on any atom is 0.242 e. The summed E-state index contributed by atoms with van der Waals surface area (Å²) in [6.45, 7) is 3.29. The molecule has 0 atom stereocenters. The lowest BCUT2D eigenvalue weighted by Crippen LogP contribution is -2.53. The van der Waals surface area contributed by atoms with E-state index in [0.29, 0.717) is 23.8 Å². The Balaban J connectivity index is 2.05. The molecule has 1 aromatic rings. The highest BCUT2D eigenvalue weighted by molar-refractivity contribution is 6.33. The van der Waals surface area contributed by atoms with Gasteiger partial charge in [0.1, 0.15) is 6.54 Å². The predicted molar refractivity (Wildman–Crippen MR) is 78.2 cm³/mol. The molecule has 0 saturated carbocycles. The van der Waals surface area contributed by atoms with Crippen LogP contribution in [0, 0.1) is 0 Å². The van der Waals surface area contributed by atoms with Crippen LogP contribution >= 0.6 is 11.6 Å². The number of carbonyl (C=O) groups excluding carboxylic acids is 2. The Morgan fingerprint density at radius 1 is 1.20 bits per heavy atom. The van der Waals surface area contributed by atoms with E-state index in [1.165, 1.54) is 0 Å². The molecule has 2 rings (SSSR count). The minimum atomic E-state index is -0.0356. The van der Waals surface area contributed by atoms with Gasteiger partial charge in [-0.05, 0) is 24.1 Å². The van der Waals surface area contributed by atoms with Crippen LogP contribution in [0.25, 0.3) is 0 Å². The summed E-state index contributed by atoms with van der Waals surface area (Å²) in [4.78, 5) is 27.2. The second kappa shape index (κ2) is 6.13. The number of nitrogen functional groups attached to an aromatic ring is 1. The van der Waals surface area contributed by atoms with E-state index < -0.39 is 0 Å². The topological polar surface area (TPSA) is 66.6 Å². The third-order valence-corrected chi connectivity index (χ3v) is 3.63. The summed E-state index contributed by atoms with van der Waals surface area (Å²) in [6, 6.07) is 5.25. The van der Waals surface area contributed by atoms with Gasteiger partial charge in [0.05, 0.1) is 17.3 Å². The molecule has 2 amide bonds. The lowest BCUT2D eigenvalue weighted by molar-refractivity contribution is -0.150. The smallest absolute Gasteiger partial charge is 0.242 e. The van der Waals surface area contributed by atoms with E-state index in [1.807, 2.05) is 13.0 Å². The molecule has 1 heterocycles. The van der Waals surface area contributed by atoms with E-state index in [0.717, 1.165) is 12.0 Å². The molecule has 6 heteroatoms. The first-order valence-corrected chi connectivity index (χ1v) is 6.98. The van der Waals surface area contributed by atoms with Crippen LogP contribution in [0.1, 0.15) is 18.9 Å². The number of carbonyl (C=O) groups is 2. The fourth-order valence-corrected chi connectivity index (χ4v) is 2.35. The molecule has 108 valence electrons. The van der Waals surface area contributed by atoms with Gasteiger partial charge in [0.15, 0.2) is 0 Å². The summed E-state index contributed by atoms with van der Waals surface area (Å²) in [5.41, 5.74) is 7.09. The van der Waals surface area contributed by atoms with Gasteiger partial charge in [-0.1, -0.05) is 24.6 Å². The lowest BCUT2D eigenvalue weighted by atomic mass is 10.1. The quantitative estimate of drug-likeness (QED) is 0.856. The Hall–Kier alpha value is -1.75. The summed E-state index contributed by atoms with van der Waals surface area (Å²) in [5.74, 6) is -0.0417. The molecule has 2 N–H and O–H groups in total. The van der Waals surface area contributed by atoms with Crippen LogP contribution in [0.4, 0.5) is 5.69 Å². The minimum absolute atomic E-state index is 0.00612. The first kappa shape index (κ1) is 14.7. The average Bonchev–Trinajstić information content (AvgIpc) is 2.40. The van der Waals surface area contributed by atoms with Crippen molar-refractivity contribution < 1.29 is 9.59 Å². The van der Waals surface area contributed by atoms with E-state index in [-0.39, 0.29) is 24.9 Å². The lowest BCUT2D eigenvalue weighted by Gasteiger charge is -2.33. The maximum absolute atomic E-state index is 12.1. The Morgan fingerprint density at radius 3 is 2.50 bits per heavy atom. The van der Waals surface area contributed by atoms with Crippen molar-refractivity contribution in [2.24, 2.45) is 0 Å². The van der Waals surface area contributed by atoms with Gasteiger partial charge in [0.2, 0.25) is 11.8 Å². The summed E-state index contributed by atoms with van der Waals surface area (Å²) in [6.07, 6.45) is 0.854. The standard InChI is InChI=1S/C14H18ClN3O2/c1-2-5-17-8-14(20)18(9-13(17)19)7-10-3-4-11(15)12(16)6-10/h3-4,6H,2,5,7-9,16H2,1H3. The number of hydrogen-bond donors (Lipinski definition) is 1. The van der Waals surface area contributed by atoms with E-state index in [1.54, 1.807) is 21.9 Å². The number of piperazine rings is 1. The van der Waals surface area contributed by atoms with Gasteiger partial charge < -0.3 is 15.5 Å². The van der Waals surface area contributed by atoms with Crippen LogP contribution in [0.15, 0.2) is 18.2 Å². The molecule has 20 heavy (non-hydrogen) atoms. The highest BCUT2D eigenvalue weighted by Gasteiger charge is 2.29. The Kier molecular flexibility index (Phi) is 4.49. The first-order valence-electron chi connectivity index (χ1n) is 6.60. The molecule has 5 nitrogen and oxygen atoms in total. The van der Waals surface area contributed by atoms with E-state index in [9.17, 15) is 9.59 Å². The van der Waals surface area contributed by atoms with Gasteiger partial charge in [-0.2, -0.15) is 0 Å². The van der Waals surface area contributed by atoms with Crippen molar-refractivity contribution in [2.75, 3.05) is 25.4 Å². The molecule has 0 bridgehead atoms. The van der Waals surface area contributed by atoms with Crippen LogP contribution in [0.2, 0.25) is 5.02 Å². The van der Waals surface area contributed by atoms with Crippen molar-refractivity contribution in [3.63, 3.8) is 0 Å². The number of nitrogens with zero attached hydrogens (tertiary/aromatic N) is 2. The normalized spacial score (nSPS) is 15.9. The number of benzene rings is 1. The van der Waals surface area contributed by atoms with Crippen LogP contribution < -0.4 is 5.73 Å². The van der Waals surface area contributed by atoms with Crippen molar-refractivity contribution >= 4 is 29.1 Å². The second-order valence-electron chi connectivity index (χ2n) is 4.92. The fourth-order valence-electron chi connectivity index (χ4n) is 2.23. The molecule has 0 aromatic heterocycles. The van der Waals surface area contributed by atoms with E-state index in [4.69, 9.17) is 17.3 Å². The van der Waals surface area contributed by atoms with Crippen LogP contribution in [0.5, 0.6) is 0 Å². The highest BCUT2D eigenvalue weighted by atomic mass is 35.5. The number of halogens is 1. The molecular weight excluding hydrogens is 278 g/mol. The van der Waals surface area contributed by atoms with Gasteiger partial charge >= 0.3 is 0 Å². The molecular formula is C14H18ClN3O2. The van der Waals surface area contributed by atoms with Crippen LogP contribution in [0.3, 0.4) is 0 Å². The van der Waals surface area contributed by atoms with E-state index >= 15 is 0 Å². The molecule has 0 aliphatic carbocycles. The van der Waals surface area contributed by atoms with Crippen molar-refractivity contribution in [2.45, 2.75) is 19.9 Å². The number of nitrogens with two attached hydrogens (primary N) is 1. The predicted octanol–water partition coefficient (Wildman–Crippen LogP) is 1.50. The third kappa shape index (κ3) is 3.22. The summed E-state index contributed by atoms with van der Waals surface area (Å²) < 4.78 is 0. The molecule has 0 radical (unpaired) electrons. The van der Waals surface area contributed by atoms with Gasteiger partial charge in [-0.3, -0.25) is 9.59 Å². The molecule has 1 aromatic carbocycles. The summed E-state index contributed by atoms with van der Waals surface area (Å²) >= 11 is 5.86. The van der Waals surface area contributed by atoms with Crippen LogP contribution in [-0.4, -0.2) is 41.2 Å². The maximum atomic E-state index is 12.1. The van der Waals surface area contributed by atoms with Crippen molar-refractivity contribution in [1.82, 2.24) is 9.80 Å². The number of amides is 2. The Labute approximate surface area is 123 Å². The van der Waals surface area contributed by atoms with Crippen molar-refractivity contribution in [3.05, 3.63) is 28.8 Å². The fraction of sp³-hybridized carbons (Fsp3) is 0.429. The Bertz CT molecular complexity index is 533. The zero-order valence-corrected chi connectivity index (χ0v) is 12.2. The molecule has 1 aliphatic rings. The number of hydrogen-bond acceptors (Lipinski definition) is 3. The van der Waals surface area contributed by atoms with Crippen molar-refractivity contribution in [1.29, 1.82) is 0 Å². The summed E-state index contributed by atoms with van der Waals surface area (Å²) in [7, 11) is 0. The SMILES string of the molecule is CCCN1CC(=O)N(Cc2ccc(Cl)c(N)c2)CC1=O. The van der Waals surface area contributed by atoms with Crippen molar-refractivity contribution in [3.8, 4) is 0 Å². The van der Waals surface area contributed by atoms with Gasteiger partial charge in [-0.25, -0.2) is 0 Å². The Morgan fingerprint density at radius 2 is 1.85 bits per heavy atom. The minimum Gasteiger partial charge on any atom is -0.398 e. The molecule has 1 fully saturated rings. The summed E-state index contributed by atoms with van der Waals surface area (Å²) in [5, 5.41) is 0.490. The second-order valence-corrected chi connectivity index (χ2v) is 5.33. The number of anilines is 1.